The van der Waals surface area contributed by atoms with E-state index in [1.54, 1.807) is 13.8 Å². The summed E-state index contributed by atoms with van der Waals surface area (Å²) in [5.41, 5.74) is 0. The minimum absolute atomic E-state index is 0.274. The van der Waals surface area contributed by atoms with Crippen molar-refractivity contribution in [2.45, 2.75) is 20.0 Å². The molecule has 0 bridgehead atoms. The van der Waals surface area contributed by atoms with Crippen molar-refractivity contribution in [3.05, 3.63) is 0 Å². The van der Waals surface area contributed by atoms with Gasteiger partial charge in [-0.3, -0.25) is 0 Å². The van der Waals surface area contributed by atoms with Gasteiger partial charge in [-0.2, -0.15) is 0 Å². The van der Waals surface area contributed by atoms with Gasteiger partial charge in [-0.15, -0.1) is 5.92 Å². The fourth-order valence-electron chi connectivity index (χ4n) is 0.432. The molecule has 0 aliphatic heterocycles. The van der Waals surface area contributed by atoms with Crippen LogP contribution in [0, 0.1) is 11.8 Å². The van der Waals surface area contributed by atoms with Crippen molar-refractivity contribution in [2.24, 2.45) is 0 Å². The molecule has 0 heterocycles. The van der Waals surface area contributed by atoms with Crippen molar-refractivity contribution in [2.75, 3.05) is 13.1 Å². The summed E-state index contributed by atoms with van der Waals surface area (Å²) in [5.74, 6) is 5.58. The molecule has 0 amide bonds. The zero-order valence-corrected chi connectivity index (χ0v) is 5.94. The Kier molecular flexibility index (Phi) is 5.29. The Hall–Kier alpha value is -0.520. The molecular weight excluding hydrogens is 114 g/mol. The molecule has 0 aromatic rings. The van der Waals surface area contributed by atoms with Crippen LogP contribution in [0.4, 0.5) is 0 Å². The Morgan fingerprint density at radius 1 is 1.67 bits per heavy atom. The Bertz CT molecular complexity index is 110. The Balaban J connectivity index is 2.98. The predicted octanol–water partition coefficient (Wildman–Crippen LogP) is -0.0199. The molecular formula is C7H13NO. The van der Waals surface area contributed by atoms with E-state index in [0.29, 0.717) is 13.1 Å². The van der Waals surface area contributed by atoms with Gasteiger partial charge in [0.1, 0.15) is 0 Å². The lowest BCUT2D eigenvalue weighted by molar-refractivity contribution is 0.193. The van der Waals surface area contributed by atoms with E-state index in [9.17, 15) is 0 Å². The molecule has 0 aromatic carbocycles. The Labute approximate surface area is 56.3 Å². The summed E-state index contributed by atoms with van der Waals surface area (Å²) in [6.07, 6.45) is -0.274. The number of rotatable bonds is 3. The summed E-state index contributed by atoms with van der Waals surface area (Å²) < 4.78 is 0. The Morgan fingerprint density at radius 2 is 2.33 bits per heavy atom. The molecule has 2 nitrogen and oxygen atoms in total. The molecule has 0 fully saturated rings. The highest BCUT2D eigenvalue weighted by Gasteiger charge is 1.89. The highest BCUT2D eigenvalue weighted by molar-refractivity contribution is 4.96. The van der Waals surface area contributed by atoms with Gasteiger partial charge in [0.15, 0.2) is 0 Å². The van der Waals surface area contributed by atoms with Crippen LogP contribution in [0.3, 0.4) is 0 Å². The van der Waals surface area contributed by atoms with Gasteiger partial charge in [-0.05, 0) is 13.8 Å². The summed E-state index contributed by atoms with van der Waals surface area (Å²) in [4.78, 5) is 0. The molecule has 0 saturated heterocycles. The largest absolute Gasteiger partial charge is 0.392 e. The maximum Gasteiger partial charge on any atom is 0.0636 e. The number of aliphatic hydroxyl groups excluding tert-OH is 1. The molecule has 0 saturated carbocycles. The van der Waals surface area contributed by atoms with E-state index in [-0.39, 0.29) is 6.10 Å². The molecule has 52 valence electrons. The summed E-state index contributed by atoms with van der Waals surface area (Å²) in [5, 5.41) is 11.7. The third-order valence-electron chi connectivity index (χ3n) is 0.830. The molecule has 0 spiro atoms. The molecule has 1 atom stereocenters. The second-order valence-electron chi connectivity index (χ2n) is 1.91. The van der Waals surface area contributed by atoms with Crippen LogP contribution in [0.5, 0.6) is 0 Å². The average molecular weight is 127 g/mol. The molecule has 2 heteroatoms. The molecule has 2 N–H and O–H groups in total. The number of hydrogen-bond acceptors (Lipinski definition) is 2. The van der Waals surface area contributed by atoms with E-state index in [1.165, 1.54) is 0 Å². The van der Waals surface area contributed by atoms with Gasteiger partial charge in [-0.1, -0.05) is 5.92 Å². The first-order valence-electron chi connectivity index (χ1n) is 3.05. The van der Waals surface area contributed by atoms with E-state index < -0.39 is 0 Å². The summed E-state index contributed by atoms with van der Waals surface area (Å²) in [6, 6.07) is 0. The van der Waals surface area contributed by atoms with Gasteiger partial charge < -0.3 is 10.4 Å². The highest BCUT2D eigenvalue weighted by Crippen LogP contribution is 1.72. The van der Waals surface area contributed by atoms with Crippen LogP contribution in [0.1, 0.15) is 13.8 Å². The average Bonchev–Trinajstić information content (AvgIpc) is 1.80. The highest BCUT2D eigenvalue weighted by atomic mass is 16.3. The molecule has 9 heavy (non-hydrogen) atoms. The van der Waals surface area contributed by atoms with Crippen LogP contribution in [0.25, 0.3) is 0 Å². The molecule has 0 rings (SSSR count). The number of aliphatic hydroxyl groups is 1. The third-order valence-corrected chi connectivity index (χ3v) is 0.830. The molecule has 0 aliphatic rings. The second kappa shape index (κ2) is 5.61. The number of hydrogen-bond donors (Lipinski definition) is 2. The maximum atomic E-state index is 8.74. The first-order valence-corrected chi connectivity index (χ1v) is 3.05. The summed E-state index contributed by atoms with van der Waals surface area (Å²) in [7, 11) is 0. The van der Waals surface area contributed by atoms with E-state index in [2.05, 4.69) is 17.2 Å². The van der Waals surface area contributed by atoms with Gasteiger partial charge in [0, 0.05) is 6.54 Å². The smallest absolute Gasteiger partial charge is 0.0636 e. The number of nitrogens with one attached hydrogen (secondary N) is 1. The van der Waals surface area contributed by atoms with Crippen LogP contribution in [0.2, 0.25) is 0 Å². The monoisotopic (exact) mass is 127 g/mol. The lowest BCUT2D eigenvalue weighted by Gasteiger charge is -2.01. The first-order chi connectivity index (χ1) is 4.27. The standard InChI is InChI=1S/C7H13NO/c1-3-4-5-8-6-7(2)9/h7-9H,5-6H2,1-2H3/t7-/m0/s1. The lowest BCUT2D eigenvalue weighted by Crippen LogP contribution is -2.24. The van der Waals surface area contributed by atoms with Crippen molar-refractivity contribution in [1.29, 1.82) is 0 Å². The molecule has 0 aliphatic carbocycles. The lowest BCUT2D eigenvalue weighted by atomic mass is 10.4. The SMILES string of the molecule is CC#CCNC[C@H](C)O. The first kappa shape index (κ1) is 8.48. The minimum atomic E-state index is -0.274. The van der Waals surface area contributed by atoms with E-state index in [0.717, 1.165) is 0 Å². The van der Waals surface area contributed by atoms with Gasteiger partial charge in [0.25, 0.3) is 0 Å². The van der Waals surface area contributed by atoms with E-state index in [1.807, 2.05) is 0 Å². The van der Waals surface area contributed by atoms with Gasteiger partial charge in [0.2, 0.25) is 0 Å². The molecule has 0 unspecified atom stereocenters. The summed E-state index contributed by atoms with van der Waals surface area (Å²) in [6.45, 7) is 4.83. The van der Waals surface area contributed by atoms with E-state index >= 15 is 0 Å². The summed E-state index contributed by atoms with van der Waals surface area (Å²) >= 11 is 0. The van der Waals surface area contributed by atoms with Crippen molar-refractivity contribution < 1.29 is 5.11 Å². The third kappa shape index (κ3) is 7.48. The minimum Gasteiger partial charge on any atom is -0.392 e. The molecule has 0 aromatic heterocycles. The van der Waals surface area contributed by atoms with Gasteiger partial charge >= 0.3 is 0 Å². The van der Waals surface area contributed by atoms with Crippen molar-refractivity contribution in [3.8, 4) is 11.8 Å². The zero-order chi connectivity index (χ0) is 7.11. The fourth-order valence-corrected chi connectivity index (χ4v) is 0.432. The zero-order valence-electron chi connectivity index (χ0n) is 5.94. The predicted molar refractivity (Wildman–Crippen MR) is 38.0 cm³/mol. The van der Waals surface area contributed by atoms with Crippen molar-refractivity contribution in [3.63, 3.8) is 0 Å². The molecule has 0 radical (unpaired) electrons. The quantitative estimate of drug-likeness (QED) is 0.412. The van der Waals surface area contributed by atoms with Crippen molar-refractivity contribution in [1.82, 2.24) is 5.32 Å². The van der Waals surface area contributed by atoms with E-state index in [4.69, 9.17) is 5.11 Å². The van der Waals surface area contributed by atoms with Gasteiger partial charge in [-0.25, -0.2) is 0 Å². The normalized spacial score (nSPS) is 11.9. The maximum absolute atomic E-state index is 8.74. The van der Waals surface area contributed by atoms with Gasteiger partial charge in [0.05, 0.1) is 12.6 Å². The van der Waals surface area contributed by atoms with Crippen molar-refractivity contribution >= 4 is 0 Å². The van der Waals surface area contributed by atoms with Crippen LogP contribution in [0.15, 0.2) is 0 Å². The second-order valence-corrected chi connectivity index (χ2v) is 1.91. The van der Waals surface area contributed by atoms with Crippen LogP contribution < -0.4 is 5.32 Å². The van der Waals surface area contributed by atoms with Crippen LogP contribution in [-0.2, 0) is 0 Å². The van der Waals surface area contributed by atoms with Crippen LogP contribution >= 0.6 is 0 Å². The fraction of sp³-hybridized carbons (Fsp3) is 0.714. The topological polar surface area (TPSA) is 32.3 Å². The van der Waals surface area contributed by atoms with Crippen LogP contribution in [-0.4, -0.2) is 24.3 Å². The Morgan fingerprint density at radius 3 is 2.78 bits per heavy atom.